The van der Waals surface area contributed by atoms with Gasteiger partial charge in [0.25, 0.3) is 5.91 Å². The Morgan fingerprint density at radius 1 is 0.971 bits per heavy atom. The number of hydrogen-bond acceptors (Lipinski definition) is 5. The Hall–Kier alpha value is -3.30. The normalized spacial score (nSPS) is 13.3. The number of amides is 1. The van der Waals surface area contributed by atoms with Crippen molar-refractivity contribution < 1.29 is 18.0 Å². The number of hydrogen-bond donors (Lipinski definition) is 1. The fourth-order valence-electron chi connectivity index (χ4n) is 3.73. The van der Waals surface area contributed by atoms with Crippen LogP contribution in [0.5, 0.6) is 0 Å². The van der Waals surface area contributed by atoms with Crippen LogP contribution in [0.2, 0.25) is 0 Å². The topological polar surface area (TPSA) is 45.2 Å². The van der Waals surface area contributed by atoms with Gasteiger partial charge < -0.3 is 9.62 Å². The Labute approximate surface area is 202 Å². The van der Waals surface area contributed by atoms with Crippen LogP contribution in [0.3, 0.4) is 0 Å². The molecule has 3 heterocycles. The van der Waals surface area contributed by atoms with Crippen molar-refractivity contribution in [2.24, 2.45) is 0 Å². The Balaban J connectivity index is 1.30. The number of nitrogens with zero attached hydrogens (tertiary/aromatic N) is 2. The molecule has 9 heteroatoms. The summed E-state index contributed by atoms with van der Waals surface area (Å²) in [6.45, 7) is 0.620. The van der Waals surface area contributed by atoms with Crippen molar-refractivity contribution >= 4 is 34.9 Å². The lowest BCUT2D eigenvalue weighted by Crippen LogP contribution is -2.17. The molecule has 2 aromatic heterocycles. The molecule has 4 nitrogen and oxygen atoms in total. The van der Waals surface area contributed by atoms with Crippen molar-refractivity contribution in [3.63, 3.8) is 0 Å². The van der Waals surface area contributed by atoms with E-state index < -0.39 is 11.7 Å². The van der Waals surface area contributed by atoms with Crippen molar-refractivity contribution in [3.05, 3.63) is 89.7 Å². The molecular formula is C25H18F3N3OS2. The molecule has 2 aromatic carbocycles. The van der Waals surface area contributed by atoms with Gasteiger partial charge >= 0.3 is 6.18 Å². The monoisotopic (exact) mass is 497 g/mol. The summed E-state index contributed by atoms with van der Waals surface area (Å²) in [5, 5.41) is 0. The number of carbonyl (C=O) groups is 1. The quantitative estimate of drug-likeness (QED) is 0.296. The Morgan fingerprint density at radius 2 is 1.71 bits per heavy atom. The summed E-state index contributed by atoms with van der Waals surface area (Å²) in [6, 6.07) is 17.0. The number of rotatable bonds is 5. The van der Waals surface area contributed by atoms with E-state index in [9.17, 15) is 18.0 Å². The van der Waals surface area contributed by atoms with Crippen molar-refractivity contribution in [3.8, 4) is 20.9 Å². The van der Waals surface area contributed by atoms with Gasteiger partial charge in [0.05, 0.1) is 17.4 Å². The van der Waals surface area contributed by atoms with Gasteiger partial charge in [-0.05, 0) is 77.7 Å². The van der Waals surface area contributed by atoms with Gasteiger partial charge in [0, 0.05) is 45.6 Å². The van der Waals surface area contributed by atoms with Crippen LogP contribution in [0.1, 0.15) is 21.5 Å². The maximum Gasteiger partial charge on any atom is 0.416 e. The third-order valence-corrected chi connectivity index (χ3v) is 7.50. The standard InChI is InChI=1S/C25H18F3N3OS2/c1-31-14-17-10-15(2-7-21(17)24(31)32)22-8-9-23(33-22)16-11-19(13-29-12-16)30-34-20-5-3-18(4-6-20)25(26,27)28/h2-13,30H,14H2,1H3. The van der Waals surface area contributed by atoms with Gasteiger partial charge in [-0.25, -0.2) is 0 Å². The summed E-state index contributed by atoms with van der Waals surface area (Å²) in [6.07, 6.45) is -0.898. The average Bonchev–Trinajstić information content (AvgIpc) is 3.42. The summed E-state index contributed by atoms with van der Waals surface area (Å²) < 4.78 is 41.3. The Morgan fingerprint density at radius 3 is 2.44 bits per heavy atom. The van der Waals surface area contributed by atoms with Gasteiger partial charge in [-0.3, -0.25) is 9.78 Å². The Kier molecular flexibility index (Phi) is 5.83. The second-order valence-electron chi connectivity index (χ2n) is 7.89. The first-order valence-electron chi connectivity index (χ1n) is 10.3. The second-order valence-corrected chi connectivity index (χ2v) is 9.85. The molecule has 0 spiro atoms. The fraction of sp³-hybridized carbons (Fsp3) is 0.120. The van der Waals surface area contributed by atoms with Crippen LogP contribution < -0.4 is 4.72 Å². The smallest absolute Gasteiger partial charge is 0.337 e. The highest BCUT2D eigenvalue weighted by Crippen LogP contribution is 2.37. The molecular weight excluding hydrogens is 479 g/mol. The maximum absolute atomic E-state index is 12.7. The zero-order valence-electron chi connectivity index (χ0n) is 17.9. The van der Waals surface area contributed by atoms with E-state index in [1.807, 2.05) is 24.3 Å². The van der Waals surface area contributed by atoms with Gasteiger partial charge in [-0.15, -0.1) is 11.3 Å². The van der Waals surface area contributed by atoms with Gasteiger partial charge in [0.15, 0.2) is 0 Å². The molecule has 0 saturated heterocycles. The lowest BCUT2D eigenvalue weighted by Gasteiger charge is -2.09. The zero-order valence-corrected chi connectivity index (χ0v) is 19.5. The third-order valence-electron chi connectivity index (χ3n) is 5.47. The summed E-state index contributed by atoms with van der Waals surface area (Å²) in [5.41, 5.74) is 3.88. The molecule has 5 rings (SSSR count). The predicted octanol–water partition coefficient (Wildman–Crippen LogP) is 7.20. The fourth-order valence-corrected chi connectivity index (χ4v) is 5.33. The van der Waals surface area contributed by atoms with Crippen LogP contribution >= 0.6 is 23.3 Å². The molecule has 1 N–H and O–H groups in total. The predicted molar refractivity (Wildman–Crippen MR) is 130 cm³/mol. The first kappa shape index (κ1) is 22.5. The van der Waals surface area contributed by atoms with Crippen LogP contribution in [0.4, 0.5) is 18.9 Å². The number of carbonyl (C=O) groups excluding carboxylic acids is 1. The number of nitrogens with one attached hydrogen (secondary N) is 1. The Bertz CT molecular complexity index is 1370. The first-order valence-corrected chi connectivity index (χ1v) is 12.0. The highest BCUT2D eigenvalue weighted by atomic mass is 32.2. The molecule has 0 atom stereocenters. The van der Waals surface area contributed by atoms with Gasteiger partial charge in [0.2, 0.25) is 0 Å². The van der Waals surface area contributed by atoms with Crippen LogP contribution in [0.25, 0.3) is 20.9 Å². The molecule has 1 aliphatic rings. The van der Waals surface area contributed by atoms with E-state index in [2.05, 4.69) is 21.8 Å². The number of halogens is 3. The minimum Gasteiger partial charge on any atom is -0.337 e. The number of alkyl halides is 3. The SMILES string of the molecule is CN1Cc2cc(-c3ccc(-c4cncc(NSc5ccc(C(F)(F)F)cc5)c4)s3)ccc2C1=O. The van der Waals surface area contributed by atoms with E-state index in [0.717, 1.165) is 49.8 Å². The molecule has 0 saturated carbocycles. The molecule has 0 radical (unpaired) electrons. The summed E-state index contributed by atoms with van der Waals surface area (Å²) in [7, 11) is 1.80. The van der Waals surface area contributed by atoms with E-state index in [1.54, 1.807) is 35.7 Å². The first-order chi connectivity index (χ1) is 16.3. The van der Waals surface area contributed by atoms with Crippen LogP contribution in [-0.4, -0.2) is 22.8 Å². The second kappa shape index (κ2) is 8.81. The zero-order chi connectivity index (χ0) is 23.9. The van der Waals surface area contributed by atoms with E-state index in [-0.39, 0.29) is 5.91 Å². The highest BCUT2D eigenvalue weighted by Gasteiger charge is 2.30. The maximum atomic E-state index is 12.7. The lowest BCUT2D eigenvalue weighted by molar-refractivity contribution is -0.137. The van der Waals surface area contributed by atoms with Crippen LogP contribution in [-0.2, 0) is 12.7 Å². The number of pyridine rings is 1. The van der Waals surface area contributed by atoms with Gasteiger partial charge in [-0.2, -0.15) is 13.2 Å². The van der Waals surface area contributed by atoms with Crippen LogP contribution in [0.15, 0.2) is 78.0 Å². The third kappa shape index (κ3) is 4.53. The minimum atomic E-state index is -4.35. The molecule has 4 aromatic rings. The molecule has 0 fully saturated rings. The van der Waals surface area contributed by atoms with Crippen molar-refractivity contribution in [2.45, 2.75) is 17.6 Å². The van der Waals surface area contributed by atoms with E-state index >= 15 is 0 Å². The molecule has 172 valence electrons. The van der Waals surface area contributed by atoms with Gasteiger partial charge in [-0.1, -0.05) is 6.07 Å². The molecule has 0 bridgehead atoms. The van der Waals surface area contributed by atoms with Crippen molar-refractivity contribution in [2.75, 3.05) is 11.8 Å². The number of anilines is 1. The van der Waals surface area contributed by atoms with Gasteiger partial charge in [0.1, 0.15) is 0 Å². The highest BCUT2D eigenvalue weighted by molar-refractivity contribution is 8.00. The molecule has 1 aliphatic heterocycles. The largest absolute Gasteiger partial charge is 0.416 e. The minimum absolute atomic E-state index is 0.0537. The van der Waals surface area contributed by atoms with E-state index in [4.69, 9.17) is 0 Å². The summed E-state index contributed by atoms with van der Waals surface area (Å²) in [4.78, 5) is 20.9. The molecule has 34 heavy (non-hydrogen) atoms. The summed E-state index contributed by atoms with van der Waals surface area (Å²) >= 11 is 2.86. The summed E-state index contributed by atoms with van der Waals surface area (Å²) in [5.74, 6) is 0.0537. The average molecular weight is 498 g/mol. The molecule has 0 aliphatic carbocycles. The number of fused-ring (bicyclic) bond motifs is 1. The number of thiophene rings is 1. The van der Waals surface area contributed by atoms with E-state index in [0.29, 0.717) is 11.4 Å². The lowest BCUT2D eigenvalue weighted by atomic mass is 10.1. The molecule has 1 amide bonds. The van der Waals surface area contributed by atoms with Crippen molar-refractivity contribution in [1.29, 1.82) is 0 Å². The van der Waals surface area contributed by atoms with Crippen LogP contribution in [0, 0.1) is 0 Å². The number of benzene rings is 2. The van der Waals surface area contributed by atoms with Crippen molar-refractivity contribution in [1.82, 2.24) is 9.88 Å². The molecule has 0 unspecified atom stereocenters. The van der Waals surface area contributed by atoms with E-state index in [1.165, 1.54) is 24.1 Å². The number of aromatic nitrogens is 1.